The molecule has 5 nitrogen and oxygen atoms in total. The first-order valence-electron chi connectivity index (χ1n) is 8.27. The maximum Gasteiger partial charge on any atom is 0.191 e. The van der Waals surface area contributed by atoms with Crippen LogP contribution in [-0.2, 0) is 11.2 Å². The SMILES string of the molecule is CCNC(=NCC(C)N1CCOCC1)NCCc1ccc(Br)s1.I. The van der Waals surface area contributed by atoms with Crippen molar-refractivity contribution in [3.8, 4) is 0 Å². The van der Waals surface area contributed by atoms with Gasteiger partial charge in [0.05, 0.1) is 23.5 Å². The van der Waals surface area contributed by atoms with Gasteiger partial charge in [-0.1, -0.05) is 0 Å². The fourth-order valence-electron chi connectivity index (χ4n) is 2.49. The molecule has 1 aliphatic rings. The molecule has 2 heterocycles. The third kappa shape index (κ3) is 7.99. The van der Waals surface area contributed by atoms with Crippen LogP contribution in [0, 0.1) is 0 Å². The summed E-state index contributed by atoms with van der Waals surface area (Å²) in [5.74, 6) is 0.906. The zero-order valence-electron chi connectivity index (χ0n) is 14.4. The van der Waals surface area contributed by atoms with Crippen LogP contribution in [0.3, 0.4) is 0 Å². The van der Waals surface area contributed by atoms with E-state index in [4.69, 9.17) is 9.73 Å². The number of hydrogen-bond donors (Lipinski definition) is 2. The Morgan fingerprint density at radius 2 is 2.12 bits per heavy atom. The van der Waals surface area contributed by atoms with E-state index in [2.05, 4.69) is 57.4 Å². The molecule has 1 atom stereocenters. The summed E-state index contributed by atoms with van der Waals surface area (Å²) in [7, 11) is 0. The minimum absolute atomic E-state index is 0. The number of halogens is 2. The standard InChI is InChI=1S/C16H27BrN4OS.HI/c1-3-18-16(19-7-6-14-4-5-15(17)23-14)20-12-13(2)21-8-10-22-11-9-21;/h4-5,13H,3,6-12H2,1-2H3,(H2,18,19,20);1H. The van der Waals surface area contributed by atoms with Gasteiger partial charge in [-0.25, -0.2) is 0 Å². The second kappa shape index (κ2) is 12.5. The zero-order valence-corrected chi connectivity index (χ0v) is 19.1. The Kier molecular flexibility index (Phi) is 11.5. The molecule has 1 unspecified atom stereocenters. The van der Waals surface area contributed by atoms with E-state index in [1.54, 1.807) is 11.3 Å². The smallest absolute Gasteiger partial charge is 0.191 e. The van der Waals surface area contributed by atoms with Crippen LogP contribution < -0.4 is 10.6 Å². The first kappa shape index (κ1) is 22.1. The lowest BCUT2D eigenvalue weighted by atomic mass is 10.2. The number of nitrogens with one attached hydrogen (secondary N) is 2. The highest BCUT2D eigenvalue weighted by atomic mass is 127. The normalized spacial score (nSPS) is 17.2. The first-order chi connectivity index (χ1) is 11.2. The highest BCUT2D eigenvalue weighted by Crippen LogP contribution is 2.21. The molecular formula is C16H28BrIN4OS. The number of aliphatic imine (C=N–C) groups is 1. The molecule has 8 heteroatoms. The van der Waals surface area contributed by atoms with Crippen molar-refractivity contribution in [2.75, 3.05) is 45.9 Å². The Bertz CT molecular complexity index is 494. The molecule has 0 saturated carbocycles. The van der Waals surface area contributed by atoms with Crippen LogP contribution in [0.5, 0.6) is 0 Å². The molecule has 2 rings (SSSR count). The van der Waals surface area contributed by atoms with Crippen molar-refractivity contribution in [2.45, 2.75) is 26.3 Å². The highest BCUT2D eigenvalue weighted by molar-refractivity contribution is 14.0. The largest absolute Gasteiger partial charge is 0.379 e. The number of guanidine groups is 1. The predicted molar refractivity (Wildman–Crippen MR) is 117 cm³/mol. The third-order valence-corrected chi connectivity index (χ3v) is 5.50. The number of ether oxygens (including phenoxy) is 1. The molecular weight excluding hydrogens is 503 g/mol. The summed E-state index contributed by atoms with van der Waals surface area (Å²) in [6.45, 7) is 10.6. The summed E-state index contributed by atoms with van der Waals surface area (Å²) in [5.41, 5.74) is 0. The second-order valence-electron chi connectivity index (χ2n) is 5.60. The molecule has 138 valence electrons. The van der Waals surface area contributed by atoms with E-state index in [-0.39, 0.29) is 24.0 Å². The maximum atomic E-state index is 5.41. The van der Waals surface area contributed by atoms with Crippen LogP contribution in [0.2, 0.25) is 0 Å². The minimum Gasteiger partial charge on any atom is -0.379 e. The molecule has 0 bridgehead atoms. The van der Waals surface area contributed by atoms with Gasteiger partial charge >= 0.3 is 0 Å². The van der Waals surface area contributed by atoms with Crippen molar-refractivity contribution in [3.63, 3.8) is 0 Å². The van der Waals surface area contributed by atoms with Crippen LogP contribution in [-0.4, -0.2) is 62.8 Å². The summed E-state index contributed by atoms with van der Waals surface area (Å²) in [6, 6.07) is 4.72. The molecule has 24 heavy (non-hydrogen) atoms. The van der Waals surface area contributed by atoms with E-state index in [1.165, 1.54) is 8.66 Å². The summed E-state index contributed by atoms with van der Waals surface area (Å²) >= 11 is 5.29. The summed E-state index contributed by atoms with van der Waals surface area (Å²) < 4.78 is 6.59. The Balaban J connectivity index is 0.00000288. The second-order valence-corrected chi connectivity index (χ2v) is 8.15. The van der Waals surface area contributed by atoms with Crippen LogP contribution in [0.1, 0.15) is 18.7 Å². The summed E-state index contributed by atoms with van der Waals surface area (Å²) in [5, 5.41) is 6.75. The molecule has 0 aliphatic carbocycles. The molecule has 0 radical (unpaired) electrons. The van der Waals surface area contributed by atoms with Gasteiger partial charge in [0.1, 0.15) is 0 Å². The Hall–Kier alpha value is 0.1000. The molecule has 1 saturated heterocycles. The van der Waals surface area contributed by atoms with Crippen molar-refractivity contribution in [1.82, 2.24) is 15.5 Å². The summed E-state index contributed by atoms with van der Waals surface area (Å²) in [4.78, 5) is 8.55. The van der Waals surface area contributed by atoms with Crippen LogP contribution in [0.4, 0.5) is 0 Å². The number of thiophene rings is 1. The van der Waals surface area contributed by atoms with Gasteiger partial charge in [0.2, 0.25) is 0 Å². The lowest BCUT2D eigenvalue weighted by Crippen LogP contribution is -2.44. The Labute approximate surface area is 174 Å². The van der Waals surface area contributed by atoms with Crippen molar-refractivity contribution < 1.29 is 4.74 Å². The zero-order chi connectivity index (χ0) is 16.5. The van der Waals surface area contributed by atoms with Gasteiger partial charge in [-0.3, -0.25) is 9.89 Å². The van der Waals surface area contributed by atoms with Crippen LogP contribution >= 0.6 is 51.2 Å². The summed E-state index contributed by atoms with van der Waals surface area (Å²) in [6.07, 6.45) is 1.01. The fraction of sp³-hybridized carbons (Fsp3) is 0.688. The highest BCUT2D eigenvalue weighted by Gasteiger charge is 2.16. The van der Waals surface area contributed by atoms with E-state index in [1.807, 2.05) is 0 Å². The molecule has 0 aromatic carbocycles. The minimum atomic E-state index is 0. The van der Waals surface area contributed by atoms with Gasteiger partial charge in [0, 0.05) is 37.1 Å². The first-order valence-corrected chi connectivity index (χ1v) is 9.88. The number of hydrogen-bond acceptors (Lipinski definition) is 4. The van der Waals surface area contributed by atoms with Crippen molar-refractivity contribution in [3.05, 3.63) is 20.8 Å². The molecule has 0 amide bonds. The molecule has 1 aliphatic heterocycles. The molecule has 1 fully saturated rings. The van der Waals surface area contributed by atoms with Crippen molar-refractivity contribution in [2.24, 2.45) is 4.99 Å². The van der Waals surface area contributed by atoms with Crippen molar-refractivity contribution in [1.29, 1.82) is 0 Å². The number of nitrogens with zero attached hydrogens (tertiary/aromatic N) is 2. The fourth-order valence-corrected chi connectivity index (χ4v) is 3.97. The van der Waals surface area contributed by atoms with Gasteiger partial charge in [-0.2, -0.15) is 0 Å². The van der Waals surface area contributed by atoms with Gasteiger partial charge in [-0.15, -0.1) is 35.3 Å². The molecule has 1 aromatic heterocycles. The van der Waals surface area contributed by atoms with E-state index < -0.39 is 0 Å². The van der Waals surface area contributed by atoms with E-state index in [9.17, 15) is 0 Å². The molecule has 2 N–H and O–H groups in total. The van der Waals surface area contributed by atoms with Gasteiger partial charge in [-0.05, 0) is 48.3 Å². The average Bonchev–Trinajstić information content (AvgIpc) is 2.98. The Morgan fingerprint density at radius 3 is 2.75 bits per heavy atom. The molecule has 1 aromatic rings. The van der Waals surface area contributed by atoms with Crippen LogP contribution in [0.25, 0.3) is 0 Å². The van der Waals surface area contributed by atoms with Gasteiger partial charge in [0.15, 0.2) is 5.96 Å². The lowest BCUT2D eigenvalue weighted by Gasteiger charge is -2.31. The average molecular weight is 531 g/mol. The van der Waals surface area contributed by atoms with Gasteiger partial charge < -0.3 is 15.4 Å². The molecule has 0 spiro atoms. The quantitative estimate of drug-likeness (QED) is 0.323. The van der Waals surface area contributed by atoms with Gasteiger partial charge in [0.25, 0.3) is 0 Å². The van der Waals surface area contributed by atoms with Crippen molar-refractivity contribution >= 4 is 57.2 Å². The topological polar surface area (TPSA) is 48.9 Å². The monoisotopic (exact) mass is 530 g/mol. The van der Waals surface area contributed by atoms with E-state index >= 15 is 0 Å². The Morgan fingerprint density at radius 1 is 1.38 bits per heavy atom. The van der Waals surface area contributed by atoms with Crippen LogP contribution in [0.15, 0.2) is 20.9 Å². The third-order valence-electron chi connectivity index (χ3n) is 3.82. The number of morpholine rings is 1. The van der Waals surface area contributed by atoms with E-state index in [0.29, 0.717) is 6.04 Å². The van der Waals surface area contributed by atoms with E-state index in [0.717, 1.165) is 58.3 Å². The predicted octanol–water partition coefficient (Wildman–Crippen LogP) is 2.95. The maximum absolute atomic E-state index is 5.41. The lowest BCUT2D eigenvalue weighted by molar-refractivity contribution is 0.0220. The number of rotatable bonds is 7.